The van der Waals surface area contributed by atoms with Gasteiger partial charge in [-0.3, -0.25) is 9.59 Å². The Kier molecular flexibility index (Phi) is 6.05. The monoisotopic (exact) mass is 403 g/mol. The summed E-state index contributed by atoms with van der Waals surface area (Å²) >= 11 is 0. The molecule has 1 fully saturated rings. The van der Waals surface area contributed by atoms with Crippen LogP contribution in [-0.4, -0.2) is 46.2 Å². The second-order valence-corrected chi connectivity index (χ2v) is 9.77. The highest BCUT2D eigenvalue weighted by atomic mass is 16.6. The number of carbonyl (C=O) groups excluding carboxylic acids is 2. The van der Waals surface area contributed by atoms with Crippen LogP contribution in [0.3, 0.4) is 0 Å². The average Bonchev–Trinajstić information content (AvgIpc) is 2.59. The number of hydrogen-bond acceptors (Lipinski definition) is 4. The Morgan fingerprint density at radius 2 is 1.93 bits per heavy atom. The molecule has 3 heterocycles. The second-order valence-electron chi connectivity index (χ2n) is 9.77. The quantitative estimate of drug-likeness (QED) is 0.838. The minimum absolute atomic E-state index is 0.0289. The third kappa shape index (κ3) is 5.19. The standard InChI is InChI=1S/C22H33N3O4/c1-14(2)9-17(23-21(28)29-22(3,4)5)20(27)24-11-15-10-16(13-24)18-7-6-8-19(26)25(18)12-15/h6-8,14-17H,9-13H2,1-5H3,(H,23,28)/t15-,16-,17-/m1/s1. The number of piperidine rings is 1. The molecule has 29 heavy (non-hydrogen) atoms. The fraction of sp³-hybridized carbons (Fsp3) is 0.682. The van der Waals surface area contributed by atoms with Gasteiger partial charge in [0.15, 0.2) is 0 Å². The minimum Gasteiger partial charge on any atom is -0.444 e. The van der Waals surface area contributed by atoms with Gasteiger partial charge in [-0.1, -0.05) is 19.9 Å². The van der Waals surface area contributed by atoms with Crippen molar-refractivity contribution in [2.75, 3.05) is 13.1 Å². The van der Waals surface area contributed by atoms with Crippen LogP contribution in [0, 0.1) is 11.8 Å². The van der Waals surface area contributed by atoms with Gasteiger partial charge >= 0.3 is 6.09 Å². The number of nitrogens with one attached hydrogen (secondary N) is 1. The van der Waals surface area contributed by atoms with Crippen molar-refractivity contribution in [3.8, 4) is 0 Å². The summed E-state index contributed by atoms with van der Waals surface area (Å²) in [6, 6.07) is 4.76. The molecule has 1 aromatic heterocycles. The van der Waals surface area contributed by atoms with Crippen LogP contribution < -0.4 is 10.9 Å². The molecule has 2 bridgehead atoms. The maximum Gasteiger partial charge on any atom is 0.408 e. The first-order valence-electron chi connectivity index (χ1n) is 10.5. The molecule has 0 spiro atoms. The van der Waals surface area contributed by atoms with Crippen LogP contribution in [0.25, 0.3) is 0 Å². The molecule has 2 aliphatic heterocycles. The van der Waals surface area contributed by atoms with Crippen LogP contribution in [-0.2, 0) is 16.1 Å². The molecule has 0 aromatic carbocycles. The van der Waals surface area contributed by atoms with Crippen LogP contribution in [0.15, 0.2) is 23.0 Å². The van der Waals surface area contributed by atoms with Crippen LogP contribution in [0.2, 0.25) is 0 Å². The van der Waals surface area contributed by atoms with Crippen molar-refractivity contribution in [1.82, 2.24) is 14.8 Å². The maximum atomic E-state index is 13.3. The Bertz CT molecular complexity index is 824. The maximum absolute atomic E-state index is 13.3. The molecule has 0 saturated carbocycles. The van der Waals surface area contributed by atoms with Gasteiger partial charge < -0.3 is 19.5 Å². The van der Waals surface area contributed by atoms with Crippen molar-refractivity contribution in [2.45, 2.75) is 71.6 Å². The van der Waals surface area contributed by atoms with E-state index in [-0.39, 0.29) is 29.2 Å². The molecular weight excluding hydrogens is 370 g/mol. The number of alkyl carbamates (subject to hydrolysis) is 1. The Hall–Kier alpha value is -2.31. The number of pyridine rings is 1. The van der Waals surface area contributed by atoms with Crippen LogP contribution in [0.5, 0.6) is 0 Å². The number of ether oxygens (including phenoxy) is 1. The number of rotatable bonds is 4. The third-order valence-corrected chi connectivity index (χ3v) is 5.49. The number of carbonyl (C=O) groups is 2. The van der Waals surface area contributed by atoms with E-state index in [2.05, 4.69) is 5.32 Å². The zero-order chi connectivity index (χ0) is 21.3. The summed E-state index contributed by atoms with van der Waals surface area (Å²) in [5, 5.41) is 2.79. The van der Waals surface area contributed by atoms with Crippen LogP contribution >= 0.6 is 0 Å². The number of nitrogens with zero attached hydrogens (tertiary/aromatic N) is 2. The van der Waals surface area contributed by atoms with Gasteiger partial charge in [-0.25, -0.2) is 4.79 Å². The zero-order valence-corrected chi connectivity index (χ0v) is 18.1. The van der Waals surface area contributed by atoms with E-state index < -0.39 is 17.7 Å². The summed E-state index contributed by atoms with van der Waals surface area (Å²) in [7, 11) is 0. The molecule has 7 nitrogen and oxygen atoms in total. The lowest BCUT2D eigenvalue weighted by molar-refractivity contribution is -0.136. The molecule has 2 aliphatic rings. The molecular formula is C22H33N3O4. The zero-order valence-electron chi connectivity index (χ0n) is 18.1. The van der Waals surface area contributed by atoms with E-state index in [1.165, 1.54) is 0 Å². The second kappa shape index (κ2) is 8.20. The fourth-order valence-electron chi connectivity index (χ4n) is 4.44. The van der Waals surface area contributed by atoms with Crippen molar-refractivity contribution in [1.29, 1.82) is 0 Å². The van der Waals surface area contributed by atoms with Crippen molar-refractivity contribution in [3.63, 3.8) is 0 Å². The number of likely N-dealkylation sites (tertiary alicyclic amines) is 1. The Morgan fingerprint density at radius 3 is 2.59 bits per heavy atom. The first kappa shape index (κ1) is 21.4. The predicted molar refractivity (Wildman–Crippen MR) is 111 cm³/mol. The van der Waals surface area contributed by atoms with E-state index in [9.17, 15) is 14.4 Å². The molecule has 0 aliphatic carbocycles. The molecule has 7 heteroatoms. The number of aromatic nitrogens is 1. The van der Waals surface area contributed by atoms with Gasteiger partial charge in [-0.15, -0.1) is 0 Å². The highest BCUT2D eigenvalue weighted by Crippen LogP contribution is 2.35. The molecule has 0 unspecified atom stereocenters. The van der Waals surface area contributed by atoms with Crippen molar-refractivity contribution < 1.29 is 14.3 Å². The summed E-state index contributed by atoms with van der Waals surface area (Å²) in [6.45, 7) is 11.3. The fourth-order valence-corrected chi connectivity index (χ4v) is 4.44. The first-order valence-corrected chi connectivity index (χ1v) is 10.5. The highest BCUT2D eigenvalue weighted by Gasteiger charge is 2.38. The molecule has 3 atom stereocenters. The lowest BCUT2D eigenvalue weighted by Crippen LogP contribution is -2.55. The van der Waals surface area contributed by atoms with Gasteiger partial charge in [0.1, 0.15) is 11.6 Å². The lowest BCUT2D eigenvalue weighted by atomic mass is 9.82. The van der Waals surface area contributed by atoms with Crippen molar-refractivity contribution in [2.24, 2.45) is 11.8 Å². The van der Waals surface area contributed by atoms with Gasteiger partial charge in [0.05, 0.1) is 0 Å². The molecule has 1 saturated heterocycles. The predicted octanol–water partition coefficient (Wildman–Crippen LogP) is 2.73. The third-order valence-electron chi connectivity index (χ3n) is 5.49. The average molecular weight is 404 g/mol. The van der Waals surface area contributed by atoms with Gasteiger partial charge in [-0.2, -0.15) is 0 Å². The van der Waals surface area contributed by atoms with E-state index in [1.807, 2.05) is 29.4 Å². The molecule has 1 N–H and O–H groups in total. The SMILES string of the molecule is CC(C)C[C@@H](NC(=O)OC(C)(C)C)C(=O)N1C[C@H]2C[C@H](C1)c1cccc(=O)n1C2. The molecule has 2 amide bonds. The minimum atomic E-state index is -0.616. The van der Waals surface area contributed by atoms with E-state index in [0.717, 1.165) is 12.1 Å². The summed E-state index contributed by atoms with van der Waals surface area (Å²) in [4.78, 5) is 39.7. The smallest absolute Gasteiger partial charge is 0.408 e. The summed E-state index contributed by atoms with van der Waals surface area (Å²) in [5.41, 5.74) is 0.419. The van der Waals surface area contributed by atoms with E-state index in [0.29, 0.717) is 26.1 Å². The number of amides is 2. The highest BCUT2D eigenvalue weighted by molar-refractivity contribution is 5.86. The van der Waals surface area contributed by atoms with Crippen LogP contribution in [0.1, 0.15) is 59.1 Å². The van der Waals surface area contributed by atoms with E-state index in [1.54, 1.807) is 32.9 Å². The molecule has 3 rings (SSSR count). The molecule has 0 radical (unpaired) electrons. The van der Waals surface area contributed by atoms with Gasteiger partial charge in [-0.05, 0) is 51.5 Å². The summed E-state index contributed by atoms with van der Waals surface area (Å²) in [6.07, 6.45) is 0.979. The molecule has 160 valence electrons. The topological polar surface area (TPSA) is 80.6 Å². The largest absolute Gasteiger partial charge is 0.444 e. The lowest BCUT2D eigenvalue weighted by Gasteiger charge is -2.43. The van der Waals surface area contributed by atoms with Gasteiger partial charge in [0.2, 0.25) is 5.91 Å². The van der Waals surface area contributed by atoms with Gasteiger partial charge in [0, 0.05) is 37.3 Å². The van der Waals surface area contributed by atoms with Gasteiger partial charge in [0.25, 0.3) is 5.56 Å². The Labute approximate surface area is 172 Å². The Balaban J connectivity index is 1.75. The normalized spacial score (nSPS) is 22.1. The van der Waals surface area contributed by atoms with Crippen molar-refractivity contribution >= 4 is 12.0 Å². The Morgan fingerprint density at radius 1 is 1.21 bits per heavy atom. The molecule has 1 aromatic rings. The number of hydrogen-bond donors (Lipinski definition) is 1. The summed E-state index contributed by atoms with van der Waals surface area (Å²) < 4.78 is 7.22. The summed E-state index contributed by atoms with van der Waals surface area (Å²) in [5.74, 6) is 0.599. The van der Waals surface area contributed by atoms with Crippen LogP contribution in [0.4, 0.5) is 4.79 Å². The first-order chi connectivity index (χ1) is 13.5. The van der Waals surface area contributed by atoms with Crippen molar-refractivity contribution in [3.05, 3.63) is 34.2 Å². The van der Waals surface area contributed by atoms with E-state index in [4.69, 9.17) is 4.74 Å². The number of fused-ring (bicyclic) bond motifs is 4. The van der Waals surface area contributed by atoms with E-state index >= 15 is 0 Å².